The minimum Gasteiger partial charge on any atom is -0.380 e. The zero-order chi connectivity index (χ0) is 19.2. The summed E-state index contributed by atoms with van der Waals surface area (Å²) in [4.78, 5) is 32.1. The van der Waals surface area contributed by atoms with Crippen molar-refractivity contribution >= 4 is 27.3 Å². The first kappa shape index (κ1) is 19.2. The van der Waals surface area contributed by atoms with Crippen molar-refractivity contribution < 1.29 is 0 Å². The third kappa shape index (κ3) is 4.80. The van der Waals surface area contributed by atoms with Gasteiger partial charge in [-0.05, 0) is 65.4 Å². The molecule has 1 aromatic carbocycles. The van der Waals surface area contributed by atoms with Crippen molar-refractivity contribution in [1.82, 2.24) is 9.97 Å². The van der Waals surface area contributed by atoms with Crippen LogP contribution in [0, 0.1) is 6.92 Å². The number of hydrogen-bond acceptors (Lipinski definition) is 6. The van der Waals surface area contributed by atoms with E-state index in [0.29, 0.717) is 24.5 Å². The number of hydrogen-bond donors (Lipinski definition) is 2. The number of unbranched alkanes of at least 4 members (excludes halogenated alkanes) is 1. The maximum Gasteiger partial charge on any atom is 0.253 e. The zero-order valence-corrected chi connectivity index (χ0v) is 16.7. The third-order valence-electron chi connectivity index (χ3n) is 4.40. The summed E-state index contributed by atoms with van der Waals surface area (Å²) in [7, 11) is 0. The predicted molar refractivity (Wildman–Crippen MR) is 111 cm³/mol. The maximum absolute atomic E-state index is 11.8. The van der Waals surface area contributed by atoms with Crippen molar-refractivity contribution in [2.45, 2.75) is 32.7 Å². The van der Waals surface area contributed by atoms with Crippen molar-refractivity contribution in [2.24, 2.45) is 0 Å². The Morgan fingerprint density at radius 1 is 1.07 bits per heavy atom. The van der Waals surface area contributed by atoms with Crippen LogP contribution in [0.2, 0.25) is 0 Å². The van der Waals surface area contributed by atoms with Gasteiger partial charge in [0, 0.05) is 41.8 Å². The molecule has 3 rings (SSSR count). The van der Waals surface area contributed by atoms with Crippen molar-refractivity contribution in [3.63, 3.8) is 0 Å². The van der Waals surface area contributed by atoms with Gasteiger partial charge in [0.25, 0.3) is 10.9 Å². The highest BCUT2D eigenvalue weighted by Crippen LogP contribution is 2.17. The number of rotatable bonds is 9. The summed E-state index contributed by atoms with van der Waals surface area (Å²) in [6.07, 6.45) is 7.96. The summed E-state index contributed by atoms with van der Waals surface area (Å²) < 4.78 is 0.983. The lowest BCUT2D eigenvalue weighted by Gasteiger charge is -2.15. The van der Waals surface area contributed by atoms with Crippen LogP contribution in [0.1, 0.15) is 29.7 Å². The molecular formula is C20H21BrN4O2. The Morgan fingerprint density at radius 2 is 1.85 bits per heavy atom. The summed E-state index contributed by atoms with van der Waals surface area (Å²) in [5, 5.41) is 6.14. The van der Waals surface area contributed by atoms with Crippen LogP contribution in [0.3, 0.4) is 0 Å². The minimum absolute atomic E-state index is 0.370. The van der Waals surface area contributed by atoms with E-state index in [1.54, 1.807) is 12.4 Å². The molecule has 6 nitrogen and oxygen atoms in total. The Labute approximate surface area is 165 Å². The van der Waals surface area contributed by atoms with Crippen LogP contribution in [-0.4, -0.2) is 16.5 Å². The molecule has 27 heavy (non-hydrogen) atoms. The quantitative estimate of drug-likeness (QED) is 0.402. The van der Waals surface area contributed by atoms with Crippen molar-refractivity contribution in [3.8, 4) is 0 Å². The van der Waals surface area contributed by atoms with E-state index in [1.165, 1.54) is 5.56 Å². The number of nitrogens with one attached hydrogen (secondary N) is 2. The maximum atomic E-state index is 11.8. The van der Waals surface area contributed by atoms with E-state index in [-0.39, 0.29) is 0 Å². The van der Waals surface area contributed by atoms with Gasteiger partial charge in [0.15, 0.2) is 0 Å². The third-order valence-corrected chi connectivity index (χ3v) is 4.83. The fourth-order valence-corrected chi connectivity index (χ4v) is 3.33. The van der Waals surface area contributed by atoms with Crippen LogP contribution in [0.4, 0.5) is 11.4 Å². The molecule has 0 spiro atoms. The van der Waals surface area contributed by atoms with Crippen LogP contribution >= 0.6 is 15.9 Å². The lowest BCUT2D eigenvalue weighted by molar-refractivity contribution is 0.744. The fourth-order valence-electron chi connectivity index (χ4n) is 2.88. The monoisotopic (exact) mass is 428 g/mol. The van der Waals surface area contributed by atoms with Gasteiger partial charge in [-0.25, -0.2) is 0 Å². The number of aryl methyl sites for hydroxylation is 2. The van der Waals surface area contributed by atoms with Gasteiger partial charge in [0.05, 0.1) is 0 Å². The van der Waals surface area contributed by atoms with E-state index in [2.05, 4.69) is 49.5 Å². The average molecular weight is 429 g/mol. The minimum atomic E-state index is -0.462. The molecule has 7 heteroatoms. The molecule has 0 bridgehead atoms. The second-order valence-corrected chi connectivity index (χ2v) is 7.34. The number of anilines is 2. The van der Waals surface area contributed by atoms with E-state index < -0.39 is 10.9 Å². The van der Waals surface area contributed by atoms with Gasteiger partial charge in [0.1, 0.15) is 11.4 Å². The summed E-state index contributed by atoms with van der Waals surface area (Å²) in [6, 6.07) is 5.81. The zero-order valence-electron chi connectivity index (χ0n) is 15.1. The van der Waals surface area contributed by atoms with E-state index in [9.17, 15) is 9.59 Å². The molecule has 2 aromatic heterocycles. The molecule has 3 aromatic rings. The molecule has 0 saturated carbocycles. The van der Waals surface area contributed by atoms with Crippen molar-refractivity contribution in [3.05, 3.63) is 78.5 Å². The molecular weight excluding hydrogens is 408 g/mol. The van der Waals surface area contributed by atoms with Crippen LogP contribution < -0.4 is 21.5 Å². The summed E-state index contributed by atoms with van der Waals surface area (Å²) in [5.74, 6) is 0. The number of halogens is 1. The molecule has 0 unspecified atom stereocenters. The van der Waals surface area contributed by atoms with Gasteiger partial charge in [-0.2, -0.15) is 0 Å². The highest BCUT2D eigenvalue weighted by atomic mass is 79.9. The standard InChI is InChI=1S/C20H21BrN4O2/c1-13-9-15(21)12-24-16(13)6-2-3-8-23-17-18(20(27)19(17)26)25-11-14-5-4-7-22-10-14/h4-5,7,9-10,12,23,25H,2-3,6,8,11H2,1H3. The van der Waals surface area contributed by atoms with Gasteiger partial charge in [-0.3, -0.25) is 19.6 Å². The highest BCUT2D eigenvalue weighted by Gasteiger charge is 2.20. The Bertz CT molecular complexity index is 982. The fraction of sp³-hybridized carbons (Fsp3) is 0.300. The first-order valence-corrected chi connectivity index (χ1v) is 9.66. The topological polar surface area (TPSA) is 84.0 Å². The van der Waals surface area contributed by atoms with Crippen LogP contribution in [0.5, 0.6) is 0 Å². The Balaban J connectivity index is 1.46. The van der Waals surface area contributed by atoms with Crippen molar-refractivity contribution in [1.29, 1.82) is 0 Å². The molecule has 0 radical (unpaired) electrons. The molecule has 0 saturated heterocycles. The Hall–Kier alpha value is -2.54. The second kappa shape index (κ2) is 8.90. The molecule has 0 fully saturated rings. The molecule has 0 amide bonds. The van der Waals surface area contributed by atoms with E-state index in [1.807, 2.05) is 18.3 Å². The van der Waals surface area contributed by atoms with Gasteiger partial charge >= 0.3 is 0 Å². The van der Waals surface area contributed by atoms with Gasteiger partial charge in [-0.15, -0.1) is 0 Å². The van der Waals surface area contributed by atoms with Crippen LogP contribution in [-0.2, 0) is 13.0 Å². The SMILES string of the molecule is Cc1cc(Br)cnc1CCCCNc1c(NCc2cccnc2)c(=O)c1=O. The van der Waals surface area contributed by atoms with E-state index in [0.717, 1.165) is 35.0 Å². The molecule has 0 aliphatic carbocycles. The predicted octanol–water partition coefficient (Wildman–Crippen LogP) is 3.19. The number of aromatic nitrogens is 2. The van der Waals surface area contributed by atoms with E-state index >= 15 is 0 Å². The molecule has 2 N–H and O–H groups in total. The van der Waals surface area contributed by atoms with Crippen LogP contribution in [0.15, 0.2) is 50.9 Å². The number of pyridine rings is 2. The molecule has 140 valence electrons. The van der Waals surface area contributed by atoms with Gasteiger partial charge in [-0.1, -0.05) is 6.07 Å². The molecule has 2 heterocycles. The first-order chi connectivity index (χ1) is 13.1. The smallest absolute Gasteiger partial charge is 0.253 e. The molecule has 0 aliphatic rings. The van der Waals surface area contributed by atoms with Crippen LogP contribution in [0.25, 0.3) is 0 Å². The van der Waals surface area contributed by atoms with Gasteiger partial charge in [0.2, 0.25) is 0 Å². The lowest BCUT2D eigenvalue weighted by atomic mass is 10.1. The van der Waals surface area contributed by atoms with Gasteiger partial charge < -0.3 is 10.6 Å². The van der Waals surface area contributed by atoms with E-state index in [4.69, 9.17) is 0 Å². The average Bonchev–Trinajstić information content (AvgIpc) is 2.68. The second-order valence-electron chi connectivity index (χ2n) is 6.42. The summed E-state index contributed by atoms with van der Waals surface area (Å²) in [5.41, 5.74) is 3.06. The lowest BCUT2D eigenvalue weighted by Crippen LogP contribution is -2.37. The molecule has 0 aliphatic heterocycles. The normalized spacial score (nSPS) is 10.9. The number of nitrogens with zero attached hydrogens (tertiary/aromatic N) is 2. The highest BCUT2D eigenvalue weighted by molar-refractivity contribution is 9.10. The summed E-state index contributed by atoms with van der Waals surface area (Å²) in [6.45, 7) is 3.15. The summed E-state index contributed by atoms with van der Waals surface area (Å²) >= 11 is 3.42. The first-order valence-electron chi connectivity index (χ1n) is 8.87. The Kier molecular flexibility index (Phi) is 6.34. The van der Waals surface area contributed by atoms with Crippen molar-refractivity contribution in [2.75, 3.05) is 17.2 Å². The Morgan fingerprint density at radius 3 is 2.56 bits per heavy atom. The molecule has 0 atom stereocenters. The largest absolute Gasteiger partial charge is 0.380 e.